The molecule has 2 aromatic heterocycles. The monoisotopic (exact) mass is 699 g/mol. The van der Waals surface area contributed by atoms with Crippen molar-refractivity contribution in [3.05, 3.63) is 64.3 Å². The van der Waals surface area contributed by atoms with Gasteiger partial charge in [0.1, 0.15) is 23.9 Å². The Morgan fingerprint density at radius 2 is 1.65 bits per heavy atom. The molecule has 4 amide bonds. The lowest BCUT2D eigenvalue weighted by molar-refractivity contribution is -0.137. The van der Waals surface area contributed by atoms with Crippen molar-refractivity contribution in [2.45, 2.75) is 90.8 Å². The topological polar surface area (TPSA) is 169 Å². The minimum Gasteiger partial charge on any atom is -0.451 e. The molecule has 2 bridgehead atoms. The van der Waals surface area contributed by atoms with Gasteiger partial charge in [0.05, 0.1) is 0 Å². The van der Waals surface area contributed by atoms with Gasteiger partial charge in [-0.3, -0.25) is 28.8 Å². The number of Topliss-reactive ketones (excluding diaryl/α,β-unsaturated/α-hetero) is 1. The summed E-state index contributed by atoms with van der Waals surface area (Å²) in [6.07, 6.45) is 6.60. The molecule has 12 nitrogen and oxygen atoms in total. The van der Waals surface area contributed by atoms with Crippen LogP contribution in [0.3, 0.4) is 0 Å². The predicted molar refractivity (Wildman–Crippen MR) is 192 cm³/mol. The van der Waals surface area contributed by atoms with Crippen LogP contribution in [-0.2, 0) is 25.7 Å². The molecule has 272 valence electrons. The number of pyridine rings is 1. The third-order valence-corrected chi connectivity index (χ3v) is 11.8. The number of carbonyl (C=O) groups excluding carboxylic acids is 5. The first-order chi connectivity index (χ1) is 24.3. The number of aryl methyl sites for hydroxylation is 1. The second-order valence-corrected chi connectivity index (χ2v) is 15.5. The summed E-state index contributed by atoms with van der Waals surface area (Å²) < 4.78 is 7.01. The van der Waals surface area contributed by atoms with Gasteiger partial charge < -0.3 is 30.3 Å². The van der Waals surface area contributed by atoms with Gasteiger partial charge >= 0.3 is 0 Å². The summed E-state index contributed by atoms with van der Waals surface area (Å²) in [7, 11) is 1.32. The van der Waals surface area contributed by atoms with Crippen LogP contribution in [0.1, 0.15) is 81.8 Å². The third-order valence-electron chi connectivity index (χ3n) is 11.8. The van der Waals surface area contributed by atoms with Gasteiger partial charge in [-0.15, -0.1) is 0 Å². The molecule has 3 aromatic rings. The van der Waals surface area contributed by atoms with Crippen LogP contribution in [0.15, 0.2) is 51.8 Å². The molecule has 4 N–H and O–H groups in total. The van der Waals surface area contributed by atoms with Gasteiger partial charge in [0.25, 0.3) is 17.4 Å². The number of nitrogens with one attached hydrogen (secondary N) is 4. The van der Waals surface area contributed by atoms with Crippen molar-refractivity contribution < 1.29 is 28.4 Å². The van der Waals surface area contributed by atoms with E-state index < -0.39 is 35.1 Å². The molecule has 3 fully saturated rings. The second kappa shape index (κ2) is 14.5. The van der Waals surface area contributed by atoms with Crippen LogP contribution in [-0.4, -0.2) is 52.6 Å². The Morgan fingerprint density at radius 1 is 0.961 bits per heavy atom. The van der Waals surface area contributed by atoms with E-state index in [-0.39, 0.29) is 42.3 Å². The number of aromatic nitrogens is 1. The first kappa shape index (κ1) is 36.1. The van der Waals surface area contributed by atoms with Crippen molar-refractivity contribution in [1.82, 2.24) is 20.5 Å². The van der Waals surface area contributed by atoms with Gasteiger partial charge in [-0.2, -0.15) is 0 Å². The zero-order chi connectivity index (χ0) is 36.6. The molecule has 0 saturated heterocycles. The van der Waals surface area contributed by atoms with E-state index in [2.05, 4.69) is 42.0 Å². The molecule has 1 aromatic carbocycles. The molecular formula is C39H49N5O7. The number of furan rings is 1. The summed E-state index contributed by atoms with van der Waals surface area (Å²) in [5, 5.41) is 11.5. The number of benzene rings is 1. The Balaban J connectivity index is 1.15. The van der Waals surface area contributed by atoms with Gasteiger partial charge in [-0.1, -0.05) is 32.0 Å². The largest absolute Gasteiger partial charge is 0.451 e. The maximum Gasteiger partial charge on any atom is 0.287 e. The molecular weight excluding hydrogens is 650 g/mol. The highest BCUT2D eigenvalue weighted by atomic mass is 16.3. The highest BCUT2D eigenvalue weighted by Gasteiger charge is 2.52. The van der Waals surface area contributed by atoms with E-state index in [1.54, 1.807) is 25.1 Å². The van der Waals surface area contributed by atoms with Crippen LogP contribution in [0.25, 0.3) is 11.0 Å². The van der Waals surface area contributed by atoms with E-state index in [1.165, 1.54) is 43.1 Å². The number of carbonyl (C=O) groups is 5. The van der Waals surface area contributed by atoms with E-state index in [0.717, 1.165) is 24.1 Å². The van der Waals surface area contributed by atoms with Crippen molar-refractivity contribution in [2.75, 3.05) is 12.4 Å². The molecule has 12 heteroatoms. The van der Waals surface area contributed by atoms with Crippen LogP contribution in [0.4, 0.5) is 5.69 Å². The zero-order valence-corrected chi connectivity index (χ0v) is 30.0. The van der Waals surface area contributed by atoms with Crippen LogP contribution >= 0.6 is 0 Å². The van der Waals surface area contributed by atoms with E-state index in [1.807, 2.05) is 12.1 Å². The van der Waals surface area contributed by atoms with Crippen molar-refractivity contribution in [3.8, 4) is 0 Å². The number of fused-ring (bicyclic) bond motifs is 2. The number of hydrogen-bond donors (Lipinski definition) is 4. The van der Waals surface area contributed by atoms with Gasteiger partial charge in [0.2, 0.25) is 17.6 Å². The lowest BCUT2D eigenvalue weighted by Gasteiger charge is -2.58. The summed E-state index contributed by atoms with van der Waals surface area (Å²) in [6.45, 7) is 8.35. The molecule has 0 spiro atoms. The van der Waals surface area contributed by atoms with Gasteiger partial charge in [0, 0.05) is 36.2 Å². The van der Waals surface area contributed by atoms with Crippen molar-refractivity contribution >= 4 is 46.1 Å². The highest BCUT2D eigenvalue weighted by Crippen LogP contribution is 2.58. The fourth-order valence-corrected chi connectivity index (χ4v) is 9.44. The van der Waals surface area contributed by atoms with Crippen LogP contribution in [0, 0.1) is 42.4 Å². The average molecular weight is 700 g/mol. The fourth-order valence-electron chi connectivity index (χ4n) is 9.44. The summed E-state index contributed by atoms with van der Waals surface area (Å²) >= 11 is 0. The van der Waals surface area contributed by atoms with E-state index in [0.29, 0.717) is 40.7 Å². The Morgan fingerprint density at radius 3 is 2.31 bits per heavy atom. The summed E-state index contributed by atoms with van der Waals surface area (Å²) in [6, 6.07) is 8.79. The standard InChI is InChI=1S/C39H49N5O7/c1-21-15-24-16-22(2)28-19-39(4,18-27(21)26(28)17-24)43-33(46)20-44-14-8-10-30(38(44)50)42-35(47)29(12-13-31(45)36(48)40-5)41-37(49)34-23(3)25-9-6-7-11-32(25)51-34/h6-11,14,21-22,24,26-29H,12-13,15-20H2,1-5H3,(H,40,48)(H,41,49)(H,42,47)(H,43,46). The number of hydrogen-bond acceptors (Lipinski definition) is 7. The molecule has 51 heavy (non-hydrogen) atoms. The number of rotatable bonds is 11. The van der Waals surface area contributed by atoms with E-state index in [4.69, 9.17) is 4.42 Å². The Labute approximate surface area is 297 Å². The maximum atomic E-state index is 13.6. The highest BCUT2D eigenvalue weighted by molar-refractivity contribution is 6.36. The molecule has 5 atom stereocenters. The van der Waals surface area contributed by atoms with Gasteiger partial charge in [-0.05, 0) is 106 Å². The molecule has 5 unspecified atom stereocenters. The quantitative estimate of drug-likeness (QED) is 0.216. The predicted octanol–water partition coefficient (Wildman–Crippen LogP) is 4.34. The first-order valence-electron chi connectivity index (χ1n) is 18.1. The Hall–Kier alpha value is -4.74. The SMILES string of the molecule is CNC(=O)C(=O)CCC(NC(=O)c1oc2ccccc2c1C)C(=O)Nc1cccn(CC(=O)NC2(C)CC3C(C)CC4CC(C)C(C2)C3C4)c1=O. The molecule has 0 aliphatic heterocycles. The smallest absolute Gasteiger partial charge is 0.287 e. The lowest BCUT2D eigenvalue weighted by Crippen LogP contribution is -2.58. The Kier molecular flexibility index (Phi) is 10.2. The number of amides is 4. The first-order valence-corrected chi connectivity index (χ1v) is 18.1. The number of nitrogens with zero attached hydrogens (tertiary/aromatic N) is 1. The van der Waals surface area contributed by atoms with E-state index in [9.17, 15) is 28.8 Å². The molecule has 6 rings (SSSR count). The van der Waals surface area contributed by atoms with Crippen LogP contribution in [0.2, 0.25) is 0 Å². The third kappa shape index (κ3) is 7.50. The number of anilines is 1. The van der Waals surface area contributed by atoms with Crippen LogP contribution < -0.4 is 26.8 Å². The number of para-hydroxylation sites is 1. The van der Waals surface area contributed by atoms with Crippen molar-refractivity contribution in [3.63, 3.8) is 0 Å². The lowest BCUT2D eigenvalue weighted by atomic mass is 9.49. The minimum absolute atomic E-state index is 0.00183. The normalized spacial score (nSPS) is 27.2. The number of ketones is 1. The van der Waals surface area contributed by atoms with Gasteiger partial charge in [0.15, 0.2) is 5.76 Å². The molecule has 0 radical (unpaired) electrons. The van der Waals surface area contributed by atoms with E-state index >= 15 is 0 Å². The Bertz CT molecular complexity index is 1890. The zero-order valence-electron chi connectivity index (χ0n) is 30.0. The van der Waals surface area contributed by atoms with Gasteiger partial charge in [-0.25, -0.2) is 0 Å². The van der Waals surface area contributed by atoms with Crippen molar-refractivity contribution in [1.29, 1.82) is 0 Å². The molecule has 3 aliphatic carbocycles. The van der Waals surface area contributed by atoms with Crippen molar-refractivity contribution in [2.24, 2.45) is 35.5 Å². The second-order valence-electron chi connectivity index (χ2n) is 15.5. The van der Waals surface area contributed by atoms with Crippen LogP contribution in [0.5, 0.6) is 0 Å². The summed E-state index contributed by atoms with van der Waals surface area (Å²) in [5.74, 6) is 0.624. The maximum absolute atomic E-state index is 13.6. The fraction of sp³-hybridized carbons (Fsp3) is 0.538. The summed E-state index contributed by atoms with van der Waals surface area (Å²) in [5.41, 5.74) is 0.00492. The summed E-state index contributed by atoms with van der Waals surface area (Å²) in [4.78, 5) is 78.2. The molecule has 2 heterocycles. The average Bonchev–Trinajstić information content (AvgIpc) is 3.43. The molecule has 3 saturated carbocycles. The number of likely N-dealkylation sites (N-methyl/N-ethyl adjacent to an activating group) is 1. The molecule has 3 aliphatic rings. The minimum atomic E-state index is -1.30.